The first-order valence-corrected chi connectivity index (χ1v) is 7.26. The summed E-state index contributed by atoms with van der Waals surface area (Å²) in [6.07, 6.45) is -3.51. The molecule has 1 heterocycles. The van der Waals surface area contributed by atoms with Crippen LogP contribution in [0.25, 0.3) is 0 Å². The third-order valence-electron chi connectivity index (χ3n) is 3.06. The number of alkyl halides is 3. The fraction of sp³-hybridized carbons (Fsp3) is 0.267. The van der Waals surface area contributed by atoms with Crippen LogP contribution >= 0.6 is 11.8 Å². The lowest BCUT2D eigenvalue weighted by atomic mass is 10.1. The SMILES string of the molecule is CC(Sc1ccc(C(F)(F)F)cn1)C(N)c1ccccc1. The molecule has 1 aromatic carbocycles. The monoisotopic (exact) mass is 312 g/mol. The third-order valence-corrected chi connectivity index (χ3v) is 4.21. The van der Waals surface area contributed by atoms with Crippen LogP contribution in [0.1, 0.15) is 24.1 Å². The zero-order chi connectivity index (χ0) is 15.5. The second-order valence-corrected chi connectivity index (χ2v) is 6.04. The number of benzene rings is 1. The summed E-state index contributed by atoms with van der Waals surface area (Å²) in [6, 6.07) is 11.8. The summed E-state index contributed by atoms with van der Waals surface area (Å²) >= 11 is 1.36. The Bertz CT molecular complexity index is 570. The van der Waals surface area contributed by atoms with E-state index in [2.05, 4.69) is 4.98 Å². The molecule has 0 aliphatic carbocycles. The molecular weight excluding hydrogens is 297 g/mol. The van der Waals surface area contributed by atoms with Gasteiger partial charge < -0.3 is 5.73 Å². The van der Waals surface area contributed by atoms with Crippen molar-refractivity contribution in [2.24, 2.45) is 5.73 Å². The maximum absolute atomic E-state index is 12.5. The van der Waals surface area contributed by atoms with Gasteiger partial charge in [-0.3, -0.25) is 0 Å². The lowest BCUT2D eigenvalue weighted by Gasteiger charge is -2.19. The van der Waals surface area contributed by atoms with Crippen molar-refractivity contribution in [2.75, 3.05) is 0 Å². The number of nitrogens with two attached hydrogens (primary N) is 1. The van der Waals surface area contributed by atoms with E-state index in [9.17, 15) is 13.2 Å². The van der Waals surface area contributed by atoms with Crippen LogP contribution in [-0.2, 0) is 6.18 Å². The van der Waals surface area contributed by atoms with Gasteiger partial charge in [0, 0.05) is 17.5 Å². The highest BCUT2D eigenvalue weighted by molar-refractivity contribution is 7.99. The number of hydrogen-bond acceptors (Lipinski definition) is 3. The molecule has 2 atom stereocenters. The van der Waals surface area contributed by atoms with Crippen LogP contribution in [0.4, 0.5) is 13.2 Å². The first-order valence-electron chi connectivity index (χ1n) is 6.38. The van der Waals surface area contributed by atoms with Crippen LogP contribution in [0, 0.1) is 0 Å². The second-order valence-electron chi connectivity index (χ2n) is 4.64. The molecule has 112 valence electrons. The van der Waals surface area contributed by atoms with Gasteiger partial charge in [0.25, 0.3) is 0 Å². The molecule has 2 aromatic rings. The Balaban J connectivity index is 2.04. The predicted molar refractivity (Wildman–Crippen MR) is 77.9 cm³/mol. The van der Waals surface area contributed by atoms with Crippen molar-refractivity contribution < 1.29 is 13.2 Å². The molecule has 0 aliphatic rings. The highest BCUT2D eigenvalue weighted by Gasteiger charge is 2.30. The largest absolute Gasteiger partial charge is 0.417 e. The first-order chi connectivity index (χ1) is 9.88. The predicted octanol–water partition coefficient (Wildman–Crippen LogP) is 4.28. The van der Waals surface area contributed by atoms with Gasteiger partial charge in [-0.2, -0.15) is 13.2 Å². The standard InChI is InChI=1S/C15H15F3N2S/c1-10(14(19)11-5-3-2-4-6-11)21-13-8-7-12(9-20-13)15(16,17)18/h2-10,14H,19H2,1H3. The van der Waals surface area contributed by atoms with E-state index in [1.807, 2.05) is 37.3 Å². The molecule has 2 rings (SSSR count). The maximum atomic E-state index is 12.5. The van der Waals surface area contributed by atoms with Gasteiger partial charge in [-0.15, -0.1) is 11.8 Å². The van der Waals surface area contributed by atoms with Gasteiger partial charge in [-0.25, -0.2) is 4.98 Å². The quantitative estimate of drug-likeness (QED) is 0.856. The van der Waals surface area contributed by atoms with E-state index in [1.165, 1.54) is 17.8 Å². The summed E-state index contributed by atoms with van der Waals surface area (Å²) < 4.78 is 37.4. The molecule has 2 unspecified atom stereocenters. The van der Waals surface area contributed by atoms with Crippen LogP contribution in [-0.4, -0.2) is 10.2 Å². The minimum atomic E-state index is -4.36. The number of aromatic nitrogens is 1. The average Bonchev–Trinajstić information content (AvgIpc) is 2.47. The Morgan fingerprint density at radius 3 is 2.29 bits per heavy atom. The average molecular weight is 312 g/mol. The molecule has 6 heteroatoms. The van der Waals surface area contributed by atoms with E-state index < -0.39 is 11.7 Å². The van der Waals surface area contributed by atoms with Crippen LogP contribution in [0.3, 0.4) is 0 Å². The zero-order valence-electron chi connectivity index (χ0n) is 11.3. The molecule has 0 amide bonds. The fourth-order valence-electron chi connectivity index (χ4n) is 1.83. The molecule has 0 spiro atoms. The molecule has 21 heavy (non-hydrogen) atoms. The van der Waals surface area contributed by atoms with Crippen molar-refractivity contribution in [1.29, 1.82) is 0 Å². The third kappa shape index (κ3) is 4.22. The smallest absolute Gasteiger partial charge is 0.323 e. The molecule has 2 nitrogen and oxygen atoms in total. The summed E-state index contributed by atoms with van der Waals surface area (Å²) in [6.45, 7) is 1.93. The van der Waals surface area contributed by atoms with E-state index in [0.29, 0.717) is 5.03 Å². The van der Waals surface area contributed by atoms with E-state index in [0.717, 1.165) is 17.8 Å². The summed E-state index contributed by atoms with van der Waals surface area (Å²) in [7, 11) is 0. The summed E-state index contributed by atoms with van der Waals surface area (Å²) in [4.78, 5) is 3.85. The second kappa shape index (κ2) is 6.49. The minimum absolute atomic E-state index is 0.00311. The molecule has 0 aliphatic heterocycles. The molecule has 0 saturated carbocycles. The Hall–Kier alpha value is -1.53. The van der Waals surface area contributed by atoms with Gasteiger partial charge in [0.15, 0.2) is 0 Å². The van der Waals surface area contributed by atoms with Crippen LogP contribution < -0.4 is 5.73 Å². The number of pyridine rings is 1. The molecule has 0 bridgehead atoms. The number of hydrogen-bond donors (Lipinski definition) is 1. The summed E-state index contributed by atoms with van der Waals surface area (Å²) in [5.74, 6) is 0. The minimum Gasteiger partial charge on any atom is -0.323 e. The van der Waals surface area contributed by atoms with Crippen LogP contribution in [0.15, 0.2) is 53.7 Å². The van der Waals surface area contributed by atoms with E-state index in [-0.39, 0.29) is 11.3 Å². The van der Waals surface area contributed by atoms with Gasteiger partial charge in [-0.05, 0) is 17.7 Å². The van der Waals surface area contributed by atoms with Gasteiger partial charge in [0.05, 0.1) is 10.6 Å². The van der Waals surface area contributed by atoms with E-state index in [1.54, 1.807) is 0 Å². The fourth-order valence-corrected chi connectivity index (χ4v) is 2.77. The topological polar surface area (TPSA) is 38.9 Å². The van der Waals surface area contributed by atoms with Crippen LogP contribution in [0.2, 0.25) is 0 Å². The van der Waals surface area contributed by atoms with Crippen molar-refractivity contribution in [3.05, 3.63) is 59.8 Å². The van der Waals surface area contributed by atoms with Gasteiger partial charge >= 0.3 is 6.18 Å². The Labute approximate surface area is 125 Å². The first kappa shape index (κ1) is 15.9. The Morgan fingerprint density at radius 2 is 1.76 bits per heavy atom. The van der Waals surface area contributed by atoms with Gasteiger partial charge in [0.1, 0.15) is 0 Å². The van der Waals surface area contributed by atoms with Crippen molar-refractivity contribution in [2.45, 2.75) is 29.4 Å². The highest BCUT2D eigenvalue weighted by Crippen LogP contribution is 2.32. The molecular formula is C15H15F3N2S. The van der Waals surface area contributed by atoms with Gasteiger partial charge in [-0.1, -0.05) is 37.3 Å². The Morgan fingerprint density at radius 1 is 1.10 bits per heavy atom. The maximum Gasteiger partial charge on any atom is 0.417 e. The molecule has 0 fully saturated rings. The lowest BCUT2D eigenvalue weighted by Crippen LogP contribution is -2.21. The van der Waals surface area contributed by atoms with Crippen molar-refractivity contribution >= 4 is 11.8 Å². The van der Waals surface area contributed by atoms with E-state index in [4.69, 9.17) is 5.73 Å². The molecule has 2 N–H and O–H groups in total. The summed E-state index contributed by atoms with van der Waals surface area (Å²) in [5.41, 5.74) is 6.40. The highest BCUT2D eigenvalue weighted by atomic mass is 32.2. The zero-order valence-corrected chi connectivity index (χ0v) is 12.2. The molecule has 1 aromatic heterocycles. The number of thioether (sulfide) groups is 1. The van der Waals surface area contributed by atoms with Crippen molar-refractivity contribution in [3.8, 4) is 0 Å². The number of rotatable bonds is 4. The Kier molecular flexibility index (Phi) is 4.90. The lowest BCUT2D eigenvalue weighted by molar-refractivity contribution is -0.137. The number of halogens is 3. The van der Waals surface area contributed by atoms with Crippen LogP contribution in [0.5, 0.6) is 0 Å². The number of nitrogens with zero attached hydrogens (tertiary/aromatic N) is 1. The van der Waals surface area contributed by atoms with Crippen molar-refractivity contribution in [1.82, 2.24) is 4.98 Å². The summed E-state index contributed by atoms with van der Waals surface area (Å²) in [5, 5.41) is 0.526. The van der Waals surface area contributed by atoms with Gasteiger partial charge in [0.2, 0.25) is 0 Å². The molecule has 0 radical (unpaired) electrons. The molecule has 0 saturated heterocycles. The van der Waals surface area contributed by atoms with Crippen molar-refractivity contribution in [3.63, 3.8) is 0 Å². The van der Waals surface area contributed by atoms with E-state index >= 15 is 0 Å². The normalized spacial score (nSPS) is 14.7.